The first-order valence-corrected chi connectivity index (χ1v) is 5.29. The van der Waals surface area contributed by atoms with Crippen LogP contribution in [0, 0.1) is 11.3 Å². The molecular weight excluding hydrogens is 182 g/mol. The van der Waals surface area contributed by atoms with Gasteiger partial charge in [-0.1, -0.05) is 20.8 Å². The number of halogens is 1. The lowest BCUT2D eigenvalue weighted by molar-refractivity contribution is 0.282. The van der Waals surface area contributed by atoms with Gasteiger partial charge in [-0.3, -0.25) is 0 Å². The first kappa shape index (κ1) is 13.2. The molecule has 2 heteroatoms. The van der Waals surface area contributed by atoms with E-state index >= 15 is 0 Å². The Kier molecular flexibility index (Phi) is 5.98. The smallest absolute Gasteiger partial charge is 0.00463 e. The first-order valence-electron chi connectivity index (χ1n) is 5.29. The molecule has 1 fully saturated rings. The maximum atomic E-state index is 3.41. The van der Waals surface area contributed by atoms with Gasteiger partial charge in [0.15, 0.2) is 0 Å². The summed E-state index contributed by atoms with van der Waals surface area (Å²) in [6.07, 6.45) is 5.62. The summed E-state index contributed by atoms with van der Waals surface area (Å²) in [5.41, 5.74) is 0.533. The van der Waals surface area contributed by atoms with Crippen molar-refractivity contribution < 1.29 is 0 Å². The summed E-state index contributed by atoms with van der Waals surface area (Å²) in [5.74, 6) is 1.01. The molecular formula is C11H24ClN. The molecule has 0 amide bonds. The van der Waals surface area contributed by atoms with Crippen molar-refractivity contribution in [1.29, 1.82) is 0 Å². The molecule has 80 valence electrons. The van der Waals surface area contributed by atoms with Crippen LogP contribution in [0.25, 0.3) is 0 Å². The highest BCUT2D eigenvalue weighted by molar-refractivity contribution is 5.85. The molecule has 0 bridgehead atoms. The average molecular weight is 206 g/mol. The van der Waals surface area contributed by atoms with Crippen molar-refractivity contribution >= 4 is 12.4 Å². The number of piperidine rings is 1. The van der Waals surface area contributed by atoms with Gasteiger partial charge in [0.25, 0.3) is 0 Å². The number of hydrogen-bond acceptors (Lipinski definition) is 1. The van der Waals surface area contributed by atoms with Crippen molar-refractivity contribution in [3.05, 3.63) is 0 Å². The van der Waals surface area contributed by atoms with Crippen LogP contribution in [0.1, 0.15) is 46.5 Å². The third-order valence-electron chi connectivity index (χ3n) is 2.76. The molecule has 1 saturated heterocycles. The molecule has 0 spiro atoms. The van der Waals surface area contributed by atoms with Crippen molar-refractivity contribution in [2.24, 2.45) is 11.3 Å². The fourth-order valence-electron chi connectivity index (χ4n) is 1.81. The van der Waals surface area contributed by atoms with Crippen LogP contribution in [0.4, 0.5) is 0 Å². The molecule has 1 nitrogen and oxygen atoms in total. The summed E-state index contributed by atoms with van der Waals surface area (Å²) in [7, 11) is 0. The monoisotopic (exact) mass is 205 g/mol. The second kappa shape index (κ2) is 5.87. The summed E-state index contributed by atoms with van der Waals surface area (Å²) in [5, 5.41) is 3.41. The Morgan fingerprint density at radius 2 is 1.69 bits per heavy atom. The molecule has 0 aliphatic carbocycles. The van der Waals surface area contributed by atoms with E-state index in [4.69, 9.17) is 0 Å². The van der Waals surface area contributed by atoms with Gasteiger partial charge in [-0.25, -0.2) is 0 Å². The lowest BCUT2D eigenvalue weighted by atomic mass is 9.84. The Hall–Kier alpha value is 0.250. The van der Waals surface area contributed by atoms with Gasteiger partial charge >= 0.3 is 0 Å². The predicted octanol–water partition coefficient (Wildman–Crippen LogP) is 3.23. The minimum Gasteiger partial charge on any atom is -0.317 e. The Bertz CT molecular complexity index is 123. The zero-order valence-corrected chi connectivity index (χ0v) is 10.0. The largest absolute Gasteiger partial charge is 0.317 e. The molecule has 0 saturated carbocycles. The number of hydrogen-bond donors (Lipinski definition) is 1. The Morgan fingerprint density at radius 3 is 2.15 bits per heavy atom. The topological polar surface area (TPSA) is 12.0 Å². The fraction of sp³-hybridized carbons (Fsp3) is 1.00. The quantitative estimate of drug-likeness (QED) is 0.730. The summed E-state index contributed by atoms with van der Waals surface area (Å²) in [6.45, 7) is 9.51. The molecule has 0 radical (unpaired) electrons. The van der Waals surface area contributed by atoms with Crippen molar-refractivity contribution in [1.82, 2.24) is 5.32 Å². The highest BCUT2D eigenvalue weighted by Crippen LogP contribution is 2.27. The van der Waals surface area contributed by atoms with E-state index in [9.17, 15) is 0 Å². The maximum Gasteiger partial charge on any atom is -0.00463 e. The van der Waals surface area contributed by atoms with Gasteiger partial charge in [0.2, 0.25) is 0 Å². The lowest BCUT2D eigenvalue weighted by Crippen LogP contribution is -2.28. The molecule has 1 heterocycles. The van der Waals surface area contributed by atoms with E-state index < -0.39 is 0 Å². The van der Waals surface area contributed by atoms with E-state index in [1.165, 1.54) is 38.8 Å². The molecule has 0 atom stereocenters. The number of nitrogens with one attached hydrogen (secondary N) is 1. The van der Waals surface area contributed by atoms with E-state index in [0.717, 1.165) is 5.92 Å². The Morgan fingerprint density at radius 1 is 1.15 bits per heavy atom. The van der Waals surface area contributed by atoms with Crippen molar-refractivity contribution in [3.63, 3.8) is 0 Å². The van der Waals surface area contributed by atoms with Crippen LogP contribution in [0.3, 0.4) is 0 Å². The van der Waals surface area contributed by atoms with E-state index in [-0.39, 0.29) is 12.4 Å². The minimum atomic E-state index is 0. The molecule has 0 aromatic rings. The van der Waals surface area contributed by atoms with Crippen molar-refractivity contribution in [2.75, 3.05) is 13.1 Å². The third-order valence-corrected chi connectivity index (χ3v) is 2.76. The second-order valence-electron chi connectivity index (χ2n) is 5.29. The average Bonchev–Trinajstić information content (AvgIpc) is 2.02. The highest BCUT2D eigenvalue weighted by atomic mass is 35.5. The van der Waals surface area contributed by atoms with Gasteiger partial charge in [-0.05, 0) is 50.1 Å². The van der Waals surface area contributed by atoms with Crippen LogP contribution in [-0.4, -0.2) is 13.1 Å². The molecule has 1 rings (SSSR count). The van der Waals surface area contributed by atoms with Crippen LogP contribution >= 0.6 is 12.4 Å². The van der Waals surface area contributed by atoms with E-state index in [1.54, 1.807) is 0 Å². The van der Waals surface area contributed by atoms with E-state index in [0.29, 0.717) is 5.41 Å². The molecule has 0 unspecified atom stereocenters. The molecule has 0 aromatic heterocycles. The van der Waals surface area contributed by atoms with Crippen molar-refractivity contribution in [3.8, 4) is 0 Å². The Labute approximate surface area is 89.1 Å². The van der Waals surface area contributed by atoms with Gasteiger partial charge < -0.3 is 5.32 Å². The van der Waals surface area contributed by atoms with Gasteiger partial charge in [-0.15, -0.1) is 12.4 Å². The minimum absolute atomic E-state index is 0. The fourth-order valence-corrected chi connectivity index (χ4v) is 1.81. The second-order valence-corrected chi connectivity index (χ2v) is 5.29. The zero-order valence-electron chi connectivity index (χ0n) is 9.23. The first-order chi connectivity index (χ1) is 5.58. The Balaban J connectivity index is 0.00000144. The van der Waals surface area contributed by atoms with Crippen LogP contribution in [0.15, 0.2) is 0 Å². The lowest BCUT2D eigenvalue weighted by Gasteiger charge is -2.26. The van der Waals surface area contributed by atoms with E-state index in [1.807, 2.05) is 0 Å². The molecule has 1 N–H and O–H groups in total. The summed E-state index contributed by atoms with van der Waals surface area (Å²) in [6, 6.07) is 0. The standard InChI is InChI=1S/C11H23N.ClH/c1-11(2,3)7-4-10-5-8-12-9-6-10;/h10,12H,4-9H2,1-3H3;1H. The summed E-state index contributed by atoms with van der Waals surface area (Å²) >= 11 is 0. The van der Waals surface area contributed by atoms with Crippen LogP contribution in [-0.2, 0) is 0 Å². The number of rotatable bonds is 2. The van der Waals surface area contributed by atoms with Gasteiger partial charge in [0.1, 0.15) is 0 Å². The van der Waals surface area contributed by atoms with Gasteiger partial charge in [-0.2, -0.15) is 0 Å². The van der Waals surface area contributed by atoms with Crippen molar-refractivity contribution in [2.45, 2.75) is 46.5 Å². The maximum absolute atomic E-state index is 3.41. The van der Waals surface area contributed by atoms with Gasteiger partial charge in [0.05, 0.1) is 0 Å². The molecule has 0 aromatic carbocycles. The van der Waals surface area contributed by atoms with Crippen LogP contribution in [0.2, 0.25) is 0 Å². The molecule has 1 aliphatic rings. The van der Waals surface area contributed by atoms with Crippen LogP contribution in [0.5, 0.6) is 0 Å². The zero-order chi connectivity index (χ0) is 9.03. The van der Waals surface area contributed by atoms with Gasteiger partial charge in [0, 0.05) is 0 Å². The predicted molar refractivity (Wildman–Crippen MR) is 61.5 cm³/mol. The SMILES string of the molecule is CC(C)(C)CCC1CCNCC1.Cl. The molecule has 13 heavy (non-hydrogen) atoms. The normalized spacial score (nSPS) is 19.6. The summed E-state index contributed by atoms with van der Waals surface area (Å²) < 4.78 is 0. The van der Waals surface area contributed by atoms with E-state index in [2.05, 4.69) is 26.1 Å². The third kappa shape index (κ3) is 6.34. The van der Waals surface area contributed by atoms with Crippen LogP contribution < -0.4 is 5.32 Å². The summed E-state index contributed by atoms with van der Waals surface area (Å²) in [4.78, 5) is 0. The molecule has 1 aliphatic heterocycles. The highest BCUT2D eigenvalue weighted by Gasteiger charge is 2.16.